The molecule has 8 heteroatoms. The van der Waals surface area contributed by atoms with Crippen LogP contribution in [0, 0.1) is 5.82 Å². The van der Waals surface area contributed by atoms with Crippen LogP contribution in [0.4, 0.5) is 10.1 Å². The number of anilines is 1. The van der Waals surface area contributed by atoms with Crippen LogP contribution in [0.3, 0.4) is 0 Å². The lowest BCUT2D eigenvalue weighted by molar-refractivity contribution is 0.101. The molecule has 1 heterocycles. The van der Waals surface area contributed by atoms with Crippen molar-refractivity contribution in [3.8, 4) is 22.8 Å². The van der Waals surface area contributed by atoms with E-state index in [0.29, 0.717) is 28.0 Å². The van der Waals surface area contributed by atoms with Gasteiger partial charge in [0.15, 0.2) is 5.82 Å². The molecule has 0 aliphatic carbocycles. The van der Waals surface area contributed by atoms with Crippen molar-refractivity contribution in [2.45, 2.75) is 0 Å². The van der Waals surface area contributed by atoms with Gasteiger partial charge in [-0.2, -0.15) is 0 Å². The molecule has 1 amide bonds. The van der Waals surface area contributed by atoms with Gasteiger partial charge >= 0.3 is 0 Å². The lowest BCUT2D eigenvalue weighted by Gasteiger charge is -2.07. The van der Waals surface area contributed by atoms with E-state index in [2.05, 4.69) is 15.4 Å². The maximum Gasteiger partial charge on any atom is 0.295 e. The Morgan fingerprint density at radius 1 is 1.00 bits per heavy atom. The summed E-state index contributed by atoms with van der Waals surface area (Å²) in [5, 5.41) is 7.65. The molecule has 0 saturated carbocycles. The molecule has 1 aromatic heterocycles. The Labute approximate surface area is 176 Å². The van der Waals surface area contributed by atoms with Crippen LogP contribution in [0.1, 0.15) is 10.6 Å². The van der Waals surface area contributed by atoms with Gasteiger partial charge in [0.25, 0.3) is 5.91 Å². The molecule has 150 valence electrons. The third-order valence-electron chi connectivity index (χ3n) is 4.33. The average molecular weight is 423 g/mol. The van der Waals surface area contributed by atoms with Crippen molar-refractivity contribution in [1.29, 1.82) is 0 Å². The fraction of sp³-hybridized carbons (Fsp3) is 0.0455. The summed E-state index contributed by atoms with van der Waals surface area (Å²) in [5.74, 6) is 0.242. The first-order chi connectivity index (χ1) is 14.5. The second-order valence-corrected chi connectivity index (χ2v) is 6.77. The van der Waals surface area contributed by atoms with Crippen LogP contribution in [0.15, 0.2) is 72.8 Å². The monoisotopic (exact) mass is 422 g/mol. The van der Waals surface area contributed by atoms with E-state index in [9.17, 15) is 9.18 Å². The maximum atomic E-state index is 13.1. The van der Waals surface area contributed by atoms with Gasteiger partial charge in [0.05, 0.1) is 12.8 Å². The molecular formula is C22H16ClFN4O2. The molecule has 0 aliphatic heterocycles. The summed E-state index contributed by atoms with van der Waals surface area (Å²) in [4.78, 5) is 17.1. The fourth-order valence-corrected chi connectivity index (χ4v) is 2.94. The average Bonchev–Trinajstić information content (AvgIpc) is 3.21. The van der Waals surface area contributed by atoms with E-state index in [-0.39, 0.29) is 11.6 Å². The lowest BCUT2D eigenvalue weighted by atomic mass is 10.2. The van der Waals surface area contributed by atoms with E-state index < -0.39 is 5.91 Å². The largest absolute Gasteiger partial charge is 0.497 e. The summed E-state index contributed by atoms with van der Waals surface area (Å²) < 4.78 is 19.9. The van der Waals surface area contributed by atoms with Gasteiger partial charge in [-0.25, -0.2) is 14.1 Å². The lowest BCUT2D eigenvalue weighted by Crippen LogP contribution is -2.14. The number of hydrogen-bond donors (Lipinski definition) is 1. The van der Waals surface area contributed by atoms with Crippen molar-refractivity contribution < 1.29 is 13.9 Å². The third-order valence-corrected chi connectivity index (χ3v) is 4.58. The molecule has 6 nitrogen and oxygen atoms in total. The number of rotatable bonds is 5. The van der Waals surface area contributed by atoms with E-state index in [1.165, 1.54) is 24.3 Å². The van der Waals surface area contributed by atoms with Gasteiger partial charge in [-0.15, -0.1) is 5.10 Å². The summed E-state index contributed by atoms with van der Waals surface area (Å²) in [7, 11) is 1.58. The Morgan fingerprint density at radius 3 is 2.30 bits per heavy atom. The van der Waals surface area contributed by atoms with Crippen molar-refractivity contribution in [2.24, 2.45) is 0 Å². The summed E-state index contributed by atoms with van der Waals surface area (Å²) in [6.07, 6.45) is 0. The number of benzene rings is 3. The molecule has 0 spiro atoms. The molecule has 4 rings (SSSR count). The molecule has 0 atom stereocenters. The van der Waals surface area contributed by atoms with Gasteiger partial charge in [0.2, 0.25) is 5.82 Å². The van der Waals surface area contributed by atoms with Gasteiger partial charge in [0.1, 0.15) is 11.6 Å². The van der Waals surface area contributed by atoms with E-state index in [1.807, 2.05) is 12.1 Å². The summed E-state index contributed by atoms with van der Waals surface area (Å²) in [5.41, 5.74) is 1.88. The van der Waals surface area contributed by atoms with Gasteiger partial charge in [-0.1, -0.05) is 11.6 Å². The molecule has 0 saturated heterocycles. The van der Waals surface area contributed by atoms with E-state index in [0.717, 1.165) is 5.56 Å². The highest BCUT2D eigenvalue weighted by Crippen LogP contribution is 2.24. The van der Waals surface area contributed by atoms with Crippen molar-refractivity contribution in [1.82, 2.24) is 14.8 Å². The second-order valence-electron chi connectivity index (χ2n) is 6.34. The number of ether oxygens (including phenoxy) is 1. The van der Waals surface area contributed by atoms with E-state index >= 15 is 0 Å². The zero-order valence-electron chi connectivity index (χ0n) is 15.8. The van der Waals surface area contributed by atoms with Crippen LogP contribution in [-0.4, -0.2) is 27.8 Å². The first-order valence-electron chi connectivity index (χ1n) is 8.98. The van der Waals surface area contributed by atoms with Crippen LogP contribution >= 0.6 is 11.6 Å². The molecule has 3 aromatic carbocycles. The topological polar surface area (TPSA) is 69.0 Å². The number of amides is 1. The number of methoxy groups -OCH3 is 1. The van der Waals surface area contributed by atoms with E-state index in [1.54, 1.807) is 48.2 Å². The molecule has 0 unspecified atom stereocenters. The Hall–Kier alpha value is -3.71. The SMILES string of the molecule is COc1ccc(-n2nc(C(=O)Nc3ccc(F)cc3)nc2-c2ccc(Cl)cc2)cc1. The normalized spacial score (nSPS) is 10.6. The molecular weight excluding hydrogens is 407 g/mol. The molecule has 1 N–H and O–H groups in total. The number of carbonyl (C=O) groups excluding carboxylic acids is 1. The van der Waals surface area contributed by atoms with Crippen LogP contribution in [0.5, 0.6) is 5.75 Å². The number of nitrogens with zero attached hydrogens (tertiary/aromatic N) is 3. The summed E-state index contributed by atoms with van der Waals surface area (Å²) in [6, 6.07) is 19.7. The van der Waals surface area contributed by atoms with Crippen molar-refractivity contribution in [2.75, 3.05) is 12.4 Å². The minimum atomic E-state index is -0.510. The number of aromatic nitrogens is 3. The zero-order chi connectivity index (χ0) is 21.1. The minimum absolute atomic E-state index is 0.0277. The first-order valence-corrected chi connectivity index (χ1v) is 9.35. The number of nitrogens with one attached hydrogen (secondary N) is 1. The maximum absolute atomic E-state index is 13.1. The van der Waals surface area contributed by atoms with Gasteiger partial charge in [0, 0.05) is 16.3 Å². The summed E-state index contributed by atoms with van der Waals surface area (Å²) in [6.45, 7) is 0. The number of halogens is 2. The Kier molecular flexibility index (Phi) is 5.45. The van der Waals surface area contributed by atoms with E-state index in [4.69, 9.17) is 16.3 Å². The van der Waals surface area contributed by atoms with Crippen LogP contribution < -0.4 is 10.1 Å². The predicted octanol–water partition coefficient (Wildman–Crippen LogP) is 4.99. The number of hydrogen-bond acceptors (Lipinski definition) is 4. The molecule has 0 aliphatic rings. The predicted molar refractivity (Wildman–Crippen MR) is 113 cm³/mol. The van der Waals surface area contributed by atoms with Crippen LogP contribution in [0.2, 0.25) is 5.02 Å². The van der Waals surface area contributed by atoms with Gasteiger partial charge < -0.3 is 10.1 Å². The molecule has 0 bridgehead atoms. The Bertz CT molecular complexity index is 1170. The highest BCUT2D eigenvalue weighted by atomic mass is 35.5. The molecule has 0 radical (unpaired) electrons. The quantitative estimate of drug-likeness (QED) is 0.492. The summed E-state index contributed by atoms with van der Waals surface area (Å²) >= 11 is 6.00. The fourth-order valence-electron chi connectivity index (χ4n) is 2.82. The Morgan fingerprint density at radius 2 is 1.67 bits per heavy atom. The first kappa shape index (κ1) is 19.6. The highest BCUT2D eigenvalue weighted by molar-refractivity contribution is 6.30. The smallest absolute Gasteiger partial charge is 0.295 e. The van der Waals surface area contributed by atoms with Gasteiger partial charge in [-0.3, -0.25) is 4.79 Å². The number of carbonyl (C=O) groups is 1. The standard InChI is InChI=1S/C22H16ClFN4O2/c1-30-19-12-10-18(11-13-19)28-21(14-2-4-15(23)5-3-14)26-20(27-28)22(29)25-17-8-6-16(24)7-9-17/h2-13H,1H3,(H,25,29). The molecule has 0 fully saturated rings. The van der Waals surface area contributed by atoms with Crippen LogP contribution in [-0.2, 0) is 0 Å². The third kappa shape index (κ3) is 4.16. The van der Waals surface area contributed by atoms with Gasteiger partial charge in [-0.05, 0) is 72.8 Å². The highest BCUT2D eigenvalue weighted by Gasteiger charge is 2.19. The Balaban J connectivity index is 1.73. The van der Waals surface area contributed by atoms with Crippen LogP contribution in [0.25, 0.3) is 17.1 Å². The second kappa shape index (κ2) is 8.34. The van der Waals surface area contributed by atoms with Crippen molar-refractivity contribution in [3.63, 3.8) is 0 Å². The van der Waals surface area contributed by atoms with Crippen molar-refractivity contribution in [3.05, 3.63) is 89.5 Å². The zero-order valence-corrected chi connectivity index (χ0v) is 16.6. The molecule has 30 heavy (non-hydrogen) atoms. The minimum Gasteiger partial charge on any atom is -0.497 e. The molecule has 4 aromatic rings. The van der Waals surface area contributed by atoms with Crippen molar-refractivity contribution >= 4 is 23.2 Å².